The predicted molar refractivity (Wildman–Crippen MR) is 127 cm³/mol. The molecule has 2 aromatic heterocycles. The Balaban J connectivity index is 0.000000307. The van der Waals surface area contributed by atoms with E-state index >= 15 is 0 Å². The van der Waals surface area contributed by atoms with E-state index in [1.54, 1.807) is 60.7 Å². The maximum Gasteiger partial charge on any atom is 3.00 e. The molecule has 0 amide bonds. The van der Waals surface area contributed by atoms with Gasteiger partial charge in [0, 0.05) is 42.7 Å². The summed E-state index contributed by atoms with van der Waals surface area (Å²) in [5, 5.41) is 0. The van der Waals surface area contributed by atoms with E-state index in [0.29, 0.717) is 11.1 Å². The zero-order valence-corrected chi connectivity index (χ0v) is 18.9. The summed E-state index contributed by atoms with van der Waals surface area (Å²) >= 11 is 0. The van der Waals surface area contributed by atoms with Crippen LogP contribution in [-0.2, 0) is 32.9 Å². The van der Waals surface area contributed by atoms with Crippen molar-refractivity contribution < 1.29 is 39.3 Å². The molecule has 0 aliphatic rings. The molecule has 4 aromatic rings. The summed E-state index contributed by atoms with van der Waals surface area (Å²) in [5.74, 6) is 0. The molecule has 0 saturated carbocycles. The summed E-state index contributed by atoms with van der Waals surface area (Å²) in [5.41, 5.74) is 1.51. The standard InChI is InChI=1S/2C14H15N.Ir/c2*1-2-7-12-10-6-11-15-14(12)13-8-4-3-5-9-13;/h2*3-6,8-11H,2,7H2,1H3;/q;;+3/i2*1D3,2D2,7D2;. The normalized spacial score (nSPS) is 19.2. The van der Waals surface area contributed by atoms with Crippen molar-refractivity contribution in [1.82, 2.24) is 9.97 Å². The van der Waals surface area contributed by atoms with Crippen LogP contribution in [0.1, 0.15) is 56.8 Å². The fraction of sp³-hybridized carbons (Fsp3) is 0.214. The van der Waals surface area contributed by atoms with E-state index < -0.39 is 39.2 Å². The monoisotopic (exact) mass is 601 g/mol. The number of rotatable bonds is 6. The third-order valence-corrected chi connectivity index (χ3v) is 4.10. The van der Waals surface area contributed by atoms with Gasteiger partial charge in [-0.05, 0) is 36.0 Å². The van der Waals surface area contributed by atoms with Gasteiger partial charge in [0.05, 0.1) is 11.4 Å². The van der Waals surface area contributed by atoms with Crippen LogP contribution < -0.4 is 0 Å². The van der Waals surface area contributed by atoms with Crippen molar-refractivity contribution in [2.45, 2.75) is 39.2 Å². The van der Waals surface area contributed by atoms with Crippen molar-refractivity contribution in [1.29, 1.82) is 0 Å². The number of aromatic nitrogens is 2. The van der Waals surface area contributed by atoms with Crippen LogP contribution in [0.15, 0.2) is 97.3 Å². The van der Waals surface area contributed by atoms with E-state index in [4.69, 9.17) is 19.2 Å². The van der Waals surface area contributed by atoms with Crippen LogP contribution in [0.2, 0.25) is 0 Å². The van der Waals surface area contributed by atoms with Gasteiger partial charge in [-0.1, -0.05) is 99.2 Å². The molecule has 0 atom stereocenters. The number of benzene rings is 2. The molecule has 0 N–H and O–H groups in total. The van der Waals surface area contributed by atoms with Gasteiger partial charge in [0.1, 0.15) is 0 Å². The van der Waals surface area contributed by atoms with Gasteiger partial charge >= 0.3 is 20.1 Å². The average molecular weight is 601 g/mol. The minimum atomic E-state index is -3.10. The van der Waals surface area contributed by atoms with Crippen molar-refractivity contribution in [2.24, 2.45) is 0 Å². The van der Waals surface area contributed by atoms with Crippen molar-refractivity contribution >= 4 is 0 Å². The molecule has 0 aliphatic heterocycles. The van der Waals surface area contributed by atoms with Gasteiger partial charge in [-0.2, -0.15) is 0 Å². The number of nitrogens with zero attached hydrogens (tertiary/aromatic N) is 2. The smallest absolute Gasteiger partial charge is 0.256 e. The van der Waals surface area contributed by atoms with Crippen LogP contribution in [0, 0.1) is 0 Å². The molecule has 31 heavy (non-hydrogen) atoms. The van der Waals surface area contributed by atoms with E-state index in [2.05, 4.69) is 9.97 Å². The molecule has 2 nitrogen and oxygen atoms in total. The fourth-order valence-electron chi connectivity index (χ4n) is 2.80. The first-order chi connectivity index (χ1) is 20.2. The van der Waals surface area contributed by atoms with E-state index in [-0.39, 0.29) is 42.6 Å². The zero-order chi connectivity index (χ0) is 33.2. The van der Waals surface area contributed by atoms with Crippen molar-refractivity contribution in [3.8, 4) is 22.5 Å². The Kier molecular flexibility index (Phi) is 4.98. The maximum atomic E-state index is 8.11. The molecule has 3 heteroatoms. The number of aryl methyl sites for hydroxylation is 2. The van der Waals surface area contributed by atoms with Crippen molar-refractivity contribution in [2.75, 3.05) is 0 Å². The number of pyridine rings is 2. The van der Waals surface area contributed by atoms with Gasteiger partial charge in [-0.15, -0.1) is 0 Å². The van der Waals surface area contributed by atoms with Crippen LogP contribution in [0.25, 0.3) is 22.5 Å². The largest absolute Gasteiger partial charge is 3.00 e. The summed E-state index contributed by atoms with van der Waals surface area (Å²) < 4.78 is 107. The van der Waals surface area contributed by atoms with Gasteiger partial charge < -0.3 is 0 Å². The van der Waals surface area contributed by atoms with Gasteiger partial charge in [0.2, 0.25) is 0 Å². The predicted octanol–water partition coefficient (Wildman–Crippen LogP) is 7.40. The van der Waals surface area contributed by atoms with E-state index in [9.17, 15) is 0 Å². The van der Waals surface area contributed by atoms with Crippen LogP contribution in [0.4, 0.5) is 0 Å². The molecule has 0 spiro atoms. The minimum Gasteiger partial charge on any atom is -0.256 e. The van der Waals surface area contributed by atoms with Gasteiger partial charge in [-0.25, -0.2) is 0 Å². The Morgan fingerprint density at radius 1 is 0.613 bits per heavy atom. The van der Waals surface area contributed by atoms with E-state index in [0.717, 1.165) is 0 Å². The molecule has 158 valence electrons. The first-order valence-corrected chi connectivity index (χ1v) is 9.20. The van der Waals surface area contributed by atoms with Gasteiger partial charge in [0.25, 0.3) is 0 Å². The number of hydrogen-bond donors (Lipinski definition) is 0. The van der Waals surface area contributed by atoms with E-state index in [1.807, 2.05) is 0 Å². The molecule has 0 unspecified atom stereocenters. The Labute approximate surface area is 219 Å². The van der Waals surface area contributed by atoms with Gasteiger partial charge in [0.15, 0.2) is 0 Å². The molecule has 4 rings (SSSR count). The van der Waals surface area contributed by atoms with Crippen LogP contribution in [-0.4, -0.2) is 9.97 Å². The molecular weight excluding hydrogens is 557 g/mol. The van der Waals surface area contributed by atoms with Gasteiger partial charge in [-0.3, -0.25) is 9.97 Å². The number of hydrogen-bond acceptors (Lipinski definition) is 2. The maximum absolute atomic E-state index is 8.11. The SMILES string of the molecule is [2H]C([2H])([2H])C([2H])([2H])C([2H])([2H])c1cccnc1-c1ccccc1.[2H]C([2H])([2H])C([2H])([2H])C([2H])([2H])c1cccnc1-c1ccccc1.[Ir+3]. The molecule has 0 fully saturated rings. The summed E-state index contributed by atoms with van der Waals surface area (Å²) in [7, 11) is 0. The third-order valence-electron chi connectivity index (χ3n) is 4.10. The zero-order valence-electron chi connectivity index (χ0n) is 30.5. The van der Waals surface area contributed by atoms with Crippen molar-refractivity contribution in [3.05, 3.63) is 108 Å². The Morgan fingerprint density at radius 3 is 1.42 bits per heavy atom. The van der Waals surface area contributed by atoms with E-state index in [1.165, 1.54) is 36.7 Å². The quantitative estimate of drug-likeness (QED) is 0.231. The second-order valence-electron chi connectivity index (χ2n) is 6.03. The topological polar surface area (TPSA) is 25.8 Å². The summed E-state index contributed by atoms with van der Waals surface area (Å²) in [6.45, 7) is -6.19. The second kappa shape index (κ2) is 13.6. The summed E-state index contributed by atoms with van der Waals surface area (Å²) in [6, 6.07) is 23.1. The Hall–Kier alpha value is -2.61. The Bertz CT molecular complexity index is 1420. The molecule has 2 heterocycles. The first kappa shape index (κ1) is 11.3. The molecule has 2 aromatic carbocycles. The van der Waals surface area contributed by atoms with Crippen LogP contribution >= 0.6 is 0 Å². The minimum absolute atomic E-state index is 0. The summed E-state index contributed by atoms with van der Waals surface area (Å²) in [4.78, 5) is 8.24. The molecule has 0 saturated heterocycles. The average Bonchev–Trinajstić information content (AvgIpc) is 2.97. The molecule has 0 aliphatic carbocycles. The second-order valence-corrected chi connectivity index (χ2v) is 6.03. The first-order valence-electron chi connectivity index (χ1n) is 16.2. The fourth-order valence-corrected chi connectivity index (χ4v) is 2.80. The molecular formula is C28H30IrN2+3. The van der Waals surface area contributed by atoms with Crippen LogP contribution in [0.3, 0.4) is 0 Å². The molecule has 0 bridgehead atoms. The molecule has 0 radical (unpaired) electrons. The van der Waals surface area contributed by atoms with Crippen molar-refractivity contribution in [3.63, 3.8) is 0 Å². The van der Waals surface area contributed by atoms with Crippen LogP contribution in [0.5, 0.6) is 0 Å². The third kappa shape index (κ3) is 7.24. The Morgan fingerprint density at radius 2 is 1.03 bits per heavy atom. The summed E-state index contributed by atoms with van der Waals surface area (Å²) in [6.07, 6.45) is -8.62.